The van der Waals surface area contributed by atoms with Gasteiger partial charge in [-0.3, -0.25) is 0 Å². The van der Waals surface area contributed by atoms with Gasteiger partial charge in [-0.25, -0.2) is 0 Å². The highest BCUT2D eigenvalue weighted by Gasteiger charge is 2.56. The summed E-state index contributed by atoms with van der Waals surface area (Å²) in [5.74, 6) is 0. The van der Waals surface area contributed by atoms with Crippen LogP contribution in [0.4, 0.5) is 0 Å². The lowest BCUT2D eigenvalue weighted by molar-refractivity contribution is 0.0259. The van der Waals surface area contributed by atoms with Gasteiger partial charge in [0, 0.05) is 28.0 Å². The van der Waals surface area contributed by atoms with Gasteiger partial charge in [0.15, 0.2) is 0 Å². The van der Waals surface area contributed by atoms with Crippen molar-refractivity contribution in [1.29, 1.82) is 0 Å². The van der Waals surface area contributed by atoms with Crippen molar-refractivity contribution in [1.82, 2.24) is 5.32 Å². The average Bonchev–Trinajstić information content (AvgIpc) is 2.84. The molecule has 2 fully saturated rings. The van der Waals surface area contributed by atoms with Crippen molar-refractivity contribution >= 4 is 23.2 Å². The second-order valence-electron chi connectivity index (χ2n) is 7.47. The Morgan fingerprint density at radius 2 is 1.67 bits per heavy atom. The molecule has 1 aromatic rings. The van der Waals surface area contributed by atoms with Crippen molar-refractivity contribution < 1.29 is 0 Å². The Labute approximate surface area is 138 Å². The molecule has 0 atom stereocenters. The molecule has 3 heteroatoms. The SMILES string of the molecule is CC(C)NCC1(c2c(Cl)cccc2Cl)CC2(CCCC2)C1. The van der Waals surface area contributed by atoms with E-state index in [-0.39, 0.29) is 5.41 Å². The summed E-state index contributed by atoms with van der Waals surface area (Å²) in [5, 5.41) is 5.30. The van der Waals surface area contributed by atoms with E-state index >= 15 is 0 Å². The van der Waals surface area contributed by atoms with Crippen LogP contribution in [0.5, 0.6) is 0 Å². The van der Waals surface area contributed by atoms with Crippen LogP contribution in [-0.2, 0) is 5.41 Å². The van der Waals surface area contributed by atoms with Crippen molar-refractivity contribution in [3.8, 4) is 0 Å². The summed E-state index contributed by atoms with van der Waals surface area (Å²) < 4.78 is 0. The minimum absolute atomic E-state index is 0.129. The molecule has 0 saturated heterocycles. The van der Waals surface area contributed by atoms with Crippen molar-refractivity contribution in [2.75, 3.05) is 6.54 Å². The van der Waals surface area contributed by atoms with Crippen LogP contribution in [0.15, 0.2) is 18.2 Å². The first-order valence-electron chi connectivity index (χ1n) is 8.14. The van der Waals surface area contributed by atoms with E-state index in [0.717, 1.165) is 16.6 Å². The third-order valence-corrected chi connectivity index (χ3v) is 6.06. The molecule has 0 aromatic heterocycles. The molecule has 0 heterocycles. The smallest absolute Gasteiger partial charge is 0.0459 e. The molecule has 0 aliphatic heterocycles. The summed E-state index contributed by atoms with van der Waals surface area (Å²) in [4.78, 5) is 0. The molecule has 1 spiro atoms. The Bertz CT molecular complexity index is 490. The fourth-order valence-electron chi connectivity index (χ4n) is 4.66. The van der Waals surface area contributed by atoms with Crippen LogP contribution in [0.3, 0.4) is 0 Å². The summed E-state index contributed by atoms with van der Waals surface area (Å²) in [5.41, 5.74) is 1.88. The van der Waals surface area contributed by atoms with Crippen molar-refractivity contribution in [2.45, 2.75) is 63.8 Å². The van der Waals surface area contributed by atoms with Crippen LogP contribution in [-0.4, -0.2) is 12.6 Å². The zero-order valence-corrected chi connectivity index (χ0v) is 14.5. The van der Waals surface area contributed by atoms with Crippen LogP contribution in [0.25, 0.3) is 0 Å². The van der Waals surface area contributed by atoms with E-state index in [4.69, 9.17) is 23.2 Å². The van der Waals surface area contributed by atoms with Crippen LogP contribution in [0.1, 0.15) is 57.9 Å². The molecule has 116 valence electrons. The van der Waals surface area contributed by atoms with Crippen LogP contribution >= 0.6 is 23.2 Å². The quantitative estimate of drug-likeness (QED) is 0.761. The zero-order valence-electron chi connectivity index (χ0n) is 13.0. The van der Waals surface area contributed by atoms with Gasteiger partial charge < -0.3 is 5.32 Å². The third kappa shape index (κ3) is 2.85. The van der Waals surface area contributed by atoms with E-state index in [0.29, 0.717) is 11.5 Å². The first-order valence-corrected chi connectivity index (χ1v) is 8.90. The van der Waals surface area contributed by atoms with Gasteiger partial charge in [0.2, 0.25) is 0 Å². The first-order chi connectivity index (χ1) is 9.96. The molecule has 1 nitrogen and oxygen atoms in total. The molecule has 3 rings (SSSR count). The number of nitrogens with one attached hydrogen (secondary N) is 1. The normalized spacial score (nSPS) is 22.7. The Hall–Kier alpha value is -0.240. The van der Waals surface area contributed by atoms with E-state index in [1.807, 2.05) is 18.2 Å². The highest BCUT2D eigenvalue weighted by molar-refractivity contribution is 6.36. The lowest BCUT2D eigenvalue weighted by Gasteiger charge is -2.56. The van der Waals surface area contributed by atoms with Gasteiger partial charge in [-0.15, -0.1) is 0 Å². The molecule has 1 N–H and O–H groups in total. The van der Waals surface area contributed by atoms with E-state index in [1.54, 1.807) is 0 Å². The van der Waals surface area contributed by atoms with Crippen LogP contribution in [0.2, 0.25) is 10.0 Å². The molecule has 21 heavy (non-hydrogen) atoms. The molecule has 2 saturated carbocycles. The molecule has 0 amide bonds. The second kappa shape index (κ2) is 5.76. The first kappa shape index (κ1) is 15.6. The third-order valence-electron chi connectivity index (χ3n) is 5.43. The highest BCUT2D eigenvalue weighted by Crippen LogP contribution is 2.64. The predicted octanol–water partition coefficient (Wildman–Crippen LogP) is 5.58. The molecule has 2 aliphatic carbocycles. The molecule has 0 unspecified atom stereocenters. The second-order valence-corrected chi connectivity index (χ2v) is 8.29. The van der Waals surface area contributed by atoms with E-state index in [1.165, 1.54) is 44.1 Å². The monoisotopic (exact) mass is 325 g/mol. The van der Waals surface area contributed by atoms with Crippen molar-refractivity contribution in [3.63, 3.8) is 0 Å². The summed E-state index contributed by atoms with van der Waals surface area (Å²) in [7, 11) is 0. The minimum atomic E-state index is 0.129. The zero-order chi connectivity index (χ0) is 15.1. The molecule has 0 bridgehead atoms. The fraction of sp³-hybridized carbons (Fsp3) is 0.667. The number of rotatable bonds is 4. The summed E-state index contributed by atoms with van der Waals surface area (Å²) in [6, 6.07) is 6.41. The fourth-order valence-corrected chi connectivity index (χ4v) is 5.45. The maximum atomic E-state index is 6.52. The number of halogens is 2. The van der Waals surface area contributed by atoms with E-state index in [9.17, 15) is 0 Å². The maximum absolute atomic E-state index is 6.52. The maximum Gasteiger partial charge on any atom is 0.0459 e. The predicted molar refractivity (Wildman–Crippen MR) is 91.4 cm³/mol. The van der Waals surface area contributed by atoms with Gasteiger partial charge in [-0.05, 0) is 48.8 Å². The average molecular weight is 326 g/mol. The molecular formula is C18H25Cl2N. The summed E-state index contributed by atoms with van der Waals surface area (Å²) in [6.45, 7) is 5.38. The van der Waals surface area contributed by atoms with E-state index < -0.39 is 0 Å². The van der Waals surface area contributed by atoms with Crippen LogP contribution in [0, 0.1) is 5.41 Å². The topological polar surface area (TPSA) is 12.0 Å². The lowest BCUT2D eigenvalue weighted by Crippen LogP contribution is -2.55. The largest absolute Gasteiger partial charge is 0.314 e. The molecule has 1 aromatic carbocycles. The van der Waals surface area contributed by atoms with E-state index in [2.05, 4.69) is 19.2 Å². The Kier molecular flexibility index (Phi) is 4.29. The lowest BCUT2D eigenvalue weighted by atomic mass is 9.49. The van der Waals surface area contributed by atoms with Gasteiger partial charge in [0.25, 0.3) is 0 Å². The highest BCUT2D eigenvalue weighted by atomic mass is 35.5. The molecule has 0 radical (unpaired) electrons. The Balaban J connectivity index is 1.90. The van der Waals surface area contributed by atoms with Crippen molar-refractivity contribution in [3.05, 3.63) is 33.8 Å². The molecule has 2 aliphatic rings. The Morgan fingerprint density at radius 1 is 1.10 bits per heavy atom. The van der Waals surface area contributed by atoms with Crippen molar-refractivity contribution in [2.24, 2.45) is 5.41 Å². The van der Waals surface area contributed by atoms with Gasteiger partial charge in [-0.1, -0.05) is 56.0 Å². The number of hydrogen-bond donors (Lipinski definition) is 1. The number of benzene rings is 1. The van der Waals surface area contributed by atoms with Gasteiger partial charge >= 0.3 is 0 Å². The number of hydrogen-bond acceptors (Lipinski definition) is 1. The Morgan fingerprint density at radius 3 is 2.19 bits per heavy atom. The standard InChI is InChI=1S/C18H25Cl2N/c1-13(2)21-12-18(10-17(11-18)8-3-4-9-17)16-14(19)6-5-7-15(16)20/h5-7,13,21H,3-4,8-12H2,1-2H3. The summed E-state index contributed by atoms with van der Waals surface area (Å²) >= 11 is 13.0. The van der Waals surface area contributed by atoms with Gasteiger partial charge in [0.1, 0.15) is 0 Å². The van der Waals surface area contributed by atoms with Gasteiger partial charge in [-0.2, -0.15) is 0 Å². The summed E-state index contributed by atoms with van der Waals surface area (Å²) in [6.07, 6.45) is 8.04. The van der Waals surface area contributed by atoms with Crippen LogP contribution < -0.4 is 5.32 Å². The minimum Gasteiger partial charge on any atom is -0.314 e. The molecular weight excluding hydrogens is 301 g/mol. The van der Waals surface area contributed by atoms with Gasteiger partial charge in [0.05, 0.1) is 0 Å².